The molecule has 0 radical (unpaired) electrons. The Morgan fingerprint density at radius 3 is 2.75 bits per heavy atom. The second-order valence-electron chi connectivity index (χ2n) is 3.95. The lowest BCUT2D eigenvalue weighted by atomic mass is 9.92. The fraction of sp³-hybridized carbons (Fsp3) is 0.417. The maximum Gasteiger partial charge on any atom is 0.168 e. The molecule has 0 aliphatic carbocycles. The van der Waals surface area contributed by atoms with Crippen molar-refractivity contribution in [2.45, 2.75) is 12.8 Å². The topological polar surface area (TPSA) is 43.1 Å². The van der Waals surface area contributed by atoms with Crippen LogP contribution < -0.4 is 5.73 Å². The van der Waals surface area contributed by atoms with Gasteiger partial charge in [-0.15, -0.1) is 0 Å². The first-order chi connectivity index (χ1) is 7.70. The fourth-order valence-electron chi connectivity index (χ4n) is 1.93. The van der Waals surface area contributed by atoms with E-state index in [1.165, 1.54) is 12.1 Å². The van der Waals surface area contributed by atoms with Crippen LogP contribution in [0.1, 0.15) is 23.2 Å². The molecule has 0 atom stereocenters. The van der Waals surface area contributed by atoms with Crippen LogP contribution >= 0.6 is 11.8 Å². The maximum atomic E-state index is 13.2. The zero-order valence-electron chi connectivity index (χ0n) is 8.91. The average Bonchev–Trinajstić information content (AvgIpc) is 2.33. The number of hydrogen-bond donors (Lipinski definition) is 1. The van der Waals surface area contributed by atoms with Crippen LogP contribution in [0.4, 0.5) is 10.1 Å². The van der Waals surface area contributed by atoms with Crippen LogP contribution in [-0.4, -0.2) is 17.3 Å². The first-order valence-corrected chi connectivity index (χ1v) is 6.51. The van der Waals surface area contributed by atoms with Gasteiger partial charge in [0.2, 0.25) is 0 Å². The van der Waals surface area contributed by atoms with E-state index < -0.39 is 5.82 Å². The lowest BCUT2D eigenvalue weighted by Crippen LogP contribution is -2.21. The number of carbonyl (C=O) groups excluding carboxylic acids is 1. The van der Waals surface area contributed by atoms with Crippen molar-refractivity contribution >= 4 is 23.2 Å². The van der Waals surface area contributed by atoms with E-state index in [0.29, 0.717) is 5.56 Å². The van der Waals surface area contributed by atoms with Crippen molar-refractivity contribution in [3.05, 3.63) is 29.6 Å². The van der Waals surface area contributed by atoms with Crippen LogP contribution in [0.25, 0.3) is 0 Å². The van der Waals surface area contributed by atoms with Crippen molar-refractivity contribution in [2.24, 2.45) is 5.92 Å². The molecular weight excluding hydrogens is 225 g/mol. The van der Waals surface area contributed by atoms with Crippen LogP contribution in [-0.2, 0) is 0 Å². The van der Waals surface area contributed by atoms with E-state index in [0.717, 1.165) is 24.3 Å². The maximum absolute atomic E-state index is 13.2. The number of rotatable bonds is 2. The average molecular weight is 239 g/mol. The predicted octanol–water partition coefficient (Wildman–Crippen LogP) is 2.73. The SMILES string of the molecule is Nc1c(F)cccc1C(=O)C1CCSCC1. The first-order valence-electron chi connectivity index (χ1n) is 5.36. The largest absolute Gasteiger partial charge is 0.396 e. The highest BCUT2D eigenvalue weighted by Crippen LogP contribution is 2.28. The molecule has 2 rings (SSSR count). The van der Waals surface area contributed by atoms with Gasteiger partial charge in [-0.05, 0) is 36.5 Å². The Labute approximate surface area is 98.4 Å². The van der Waals surface area contributed by atoms with Crippen molar-refractivity contribution in [3.63, 3.8) is 0 Å². The third-order valence-corrected chi connectivity index (χ3v) is 3.96. The zero-order valence-corrected chi connectivity index (χ0v) is 9.73. The van der Waals surface area contributed by atoms with Gasteiger partial charge in [0.25, 0.3) is 0 Å². The molecule has 86 valence electrons. The number of nitrogens with two attached hydrogens (primary N) is 1. The van der Waals surface area contributed by atoms with Crippen LogP contribution in [0, 0.1) is 11.7 Å². The highest BCUT2D eigenvalue weighted by atomic mass is 32.2. The second kappa shape index (κ2) is 4.87. The Hall–Kier alpha value is -1.03. The molecule has 1 saturated heterocycles. The smallest absolute Gasteiger partial charge is 0.168 e. The van der Waals surface area contributed by atoms with Crippen molar-refractivity contribution in [2.75, 3.05) is 17.2 Å². The summed E-state index contributed by atoms with van der Waals surface area (Å²) in [5, 5.41) is 0. The van der Waals surface area contributed by atoms with Gasteiger partial charge in [0, 0.05) is 11.5 Å². The number of halogens is 1. The molecule has 16 heavy (non-hydrogen) atoms. The Morgan fingerprint density at radius 1 is 1.38 bits per heavy atom. The van der Waals surface area contributed by atoms with Crippen molar-refractivity contribution < 1.29 is 9.18 Å². The molecule has 0 amide bonds. The molecule has 0 aromatic heterocycles. The van der Waals surface area contributed by atoms with Gasteiger partial charge in [0.05, 0.1) is 5.69 Å². The van der Waals surface area contributed by atoms with Crippen molar-refractivity contribution in [1.29, 1.82) is 0 Å². The third kappa shape index (κ3) is 2.21. The van der Waals surface area contributed by atoms with E-state index in [2.05, 4.69) is 0 Å². The Bertz CT molecular complexity index is 402. The summed E-state index contributed by atoms with van der Waals surface area (Å²) in [4.78, 5) is 12.1. The predicted molar refractivity (Wildman–Crippen MR) is 65.2 cm³/mol. The molecule has 1 heterocycles. The minimum Gasteiger partial charge on any atom is -0.396 e. The molecular formula is C12H14FNOS. The molecule has 1 aromatic carbocycles. The van der Waals surface area contributed by atoms with E-state index in [9.17, 15) is 9.18 Å². The molecule has 1 aromatic rings. The molecule has 4 heteroatoms. The molecule has 1 aliphatic heterocycles. The number of carbonyl (C=O) groups is 1. The van der Waals surface area contributed by atoms with Crippen LogP contribution in [0.15, 0.2) is 18.2 Å². The molecule has 1 fully saturated rings. The van der Waals surface area contributed by atoms with Crippen molar-refractivity contribution in [3.8, 4) is 0 Å². The minimum absolute atomic E-state index is 0.00250. The van der Waals surface area contributed by atoms with E-state index in [1.807, 2.05) is 11.8 Å². The molecule has 0 bridgehead atoms. The summed E-state index contributed by atoms with van der Waals surface area (Å²) in [7, 11) is 0. The van der Waals surface area contributed by atoms with Gasteiger partial charge in [-0.2, -0.15) is 11.8 Å². The quantitative estimate of drug-likeness (QED) is 0.637. The monoisotopic (exact) mass is 239 g/mol. The number of hydrogen-bond acceptors (Lipinski definition) is 3. The molecule has 0 saturated carbocycles. The van der Waals surface area contributed by atoms with Gasteiger partial charge in [-0.3, -0.25) is 4.79 Å². The molecule has 2 nitrogen and oxygen atoms in total. The summed E-state index contributed by atoms with van der Waals surface area (Å²) < 4.78 is 13.2. The molecule has 0 unspecified atom stereocenters. The summed E-state index contributed by atoms with van der Waals surface area (Å²) in [5.41, 5.74) is 5.92. The van der Waals surface area contributed by atoms with Crippen LogP contribution in [0.2, 0.25) is 0 Å². The summed E-state index contributed by atoms with van der Waals surface area (Å²) >= 11 is 1.86. The van der Waals surface area contributed by atoms with Crippen molar-refractivity contribution in [1.82, 2.24) is 0 Å². The van der Waals surface area contributed by atoms with Gasteiger partial charge in [-0.1, -0.05) is 6.07 Å². The number of Topliss-reactive ketones (excluding diaryl/α,β-unsaturated/α-hetero) is 1. The van der Waals surface area contributed by atoms with Gasteiger partial charge in [0.15, 0.2) is 5.78 Å². The number of nitrogen functional groups attached to an aromatic ring is 1. The summed E-state index contributed by atoms with van der Waals surface area (Å²) in [6.45, 7) is 0. The zero-order chi connectivity index (χ0) is 11.5. The second-order valence-corrected chi connectivity index (χ2v) is 5.18. The standard InChI is InChI=1S/C12H14FNOS/c13-10-3-1-2-9(11(10)14)12(15)8-4-6-16-7-5-8/h1-3,8H,4-7,14H2. The number of para-hydroxylation sites is 1. The Morgan fingerprint density at radius 2 is 2.06 bits per heavy atom. The van der Waals surface area contributed by atoms with E-state index in [4.69, 9.17) is 5.73 Å². The third-order valence-electron chi connectivity index (χ3n) is 2.91. The number of ketones is 1. The van der Waals surface area contributed by atoms with Gasteiger partial charge in [0.1, 0.15) is 5.82 Å². The Kier molecular flexibility index (Phi) is 3.49. The summed E-state index contributed by atoms with van der Waals surface area (Å²) in [6.07, 6.45) is 1.75. The fourth-order valence-corrected chi connectivity index (χ4v) is 3.04. The van der Waals surface area contributed by atoms with E-state index in [1.54, 1.807) is 6.07 Å². The van der Waals surface area contributed by atoms with Gasteiger partial charge in [-0.25, -0.2) is 4.39 Å². The van der Waals surface area contributed by atoms with Gasteiger partial charge < -0.3 is 5.73 Å². The van der Waals surface area contributed by atoms with E-state index in [-0.39, 0.29) is 17.4 Å². The minimum atomic E-state index is -0.504. The van der Waals surface area contributed by atoms with Crippen LogP contribution in [0.3, 0.4) is 0 Å². The number of thioether (sulfide) groups is 1. The number of anilines is 1. The summed E-state index contributed by atoms with van der Waals surface area (Å²) in [6, 6.07) is 4.43. The Balaban J connectivity index is 2.22. The lowest BCUT2D eigenvalue weighted by Gasteiger charge is -2.20. The molecule has 1 aliphatic rings. The van der Waals surface area contributed by atoms with Crippen LogP contribution in [0.5, 0.6) is 0 Å². The first kappa shape index (κ1) is 11.5. The lowest BCUT2D eigenvalue weighted by molar-refractivity contribution is 0.0913. The van der Waals surface area contributed by atoms with E-state index >= 15 is 0 Å². The normalized spacial score (nSPS) is 17.3. The molecule has 2 N–H and O–H groups in total. The molecule has 0 spiro atoms. The summed E-state index contributed by atoms with van der Waals surface area (Å²) in [5.74, 6) is 1.52. The number of benzene rings is 1. The highest BCUT2D eigenvalue weighted by molar-refractivity contribution is 7.99. The van der Waals surface area contributed by atoms with Gasteiger partial charge >= 0.3 is 0 Å². The highest BCUT2D eigenvalue weighted by Gasteiger charge is 2.24.